The van der Waals surface area contributed by atoms with Crippen LogP contribution in [0.2, 0.25) is 5.02 Å². The Balaban J connectivity index is 1.87. The highest BCUT2D eigenvalue weighted by Crippen LogP contribution is 2.27. The minimum atomic E-state index is -0.414. The largest absolute Gasteiger partial charge is 0.332 e. The number of rotatable bonds is 3. The van der Waals surface area contributed by atoms with Crippen molar-refractivity contribution in [3.8, 4) is 11.3 Å². The summed E-state index contributed by atoms with van der Waals surface area (Å²) < 4.78 is 6.20. The number of imidazole rings is 2. The third kappa shape index (κ3) is 2.68. The molecule has 5 rings (SSSR count). The van der Waals surface area contributed by atoms with Gasteiger partial charge in [-0.15, -0.1) is 0 Å². The molecule has 5 aromatic rings. The first-order chi connectivity index (χ1) is 14.5. The number of pyridine rings is 1. The first kappa shape index (κ1) is 18.4. The van der Waals surface area contributed by atoms with Crippen molar-refractivity contribution < 1.29 is 0 Å². The van der Waals surface area contributed by atoms with Gasteiger partial charge in [0.05, 0.1) is 17.9 Å². The van der Waals surface area contributed by atoms with Crippen molar-refractivity contribution in [2.45, 2.75) is 6.54 Å². The molecule has 0 radical (unpaired) electrons. The molecule has 0 aliphatic rings. The SMILES string of the molecule is Cn1c(=O)c2c(nc3n(Cc4ccccn4)c(-c4ccc(Cl)cc4)cn23)n(C)c1=O. The molecule has 4 heterocycles. The van der Waals surface area contributed by atoms with Crippen molar-refractivity contribution in [3.05, 3.63) is 86.4 Å². The predicted octanol–water partition coefficient (Wildman–Crippen LogP) is 2.45. The maximum Gasteiger partial charge on any atom is 0.332 e. The molecule has 8 nitrogen and oxygen atoms in total. The molecule has 0 amide bonds. The maximum atomic E-state index is 12.9. The number of halogens is 1. The van der Waals surface area contributed by atoms with Gasteiger partial charge >= 0.3 is 5.69 Å². The molecule has 0 spiro atoms. The van der Waals surface area contributed by atoms with E-state index in [1.54, 1.807) is 17.6 Å². The van der Waals surface area contributed by atoms with Crippen LogP contribution >= 0.6 is 11.6 Å². The lowest BCUT2D eigenvalue weighted by Crippen LogP contribution is -2.37. The zero-order chi connectivity index (χ0) is 21.0. The summed E-state index contributed by atoms with van der Waals surface area (Å²) in [5.41, 5.74) is 2.52. The van der Waals surface area contributed by atoms with E-state index in [9.17, 15) is 9.59 Å². The van der Waals surface area contributed by atoms with Crippen molar-refractivity contribution in [2.75, 3.05) is 0 Å². The number of hydrogen-bond donors (Lipinski definition) is 0. The van der Waals surface area contributed by atoms with Gasteiger partial charge in [-0.25, -0.2) is 4.79 Å². The smallest absolute Gasteiger partial charge is 0.304 e. The van der Waals surface area contributed by atoms with Crippen LogP contribution in [0.3, 0.4) is 0 Å². The standard InChI is InChI=1S/C21H17ClN6O2/c1-25-18-17(19(29)26(2)21(25)30)28-12-16(13-6-8-14(22)9-7-13)27(20(28)24-18)11-15-5-3-4-10-23-15/h3-10,12H,11H2,1-2H3. The van der Waals surface area contributed by atoms with Gasteiger partial charge < -0.3 is 4.57 Å². The topological polar surface area (TPSA) is 79.1 Å². The van der Waals surface area contributed by atoms with Crippen molar-refractivity contribution in [1.29, 1.82) is 0 Å². The van der Waals surface area contributed by atoms with E-state index >= 15 is 0 Å². The van der Waals surface area contributed by atoms with Crippen LogP contribution in [0.5, 0.6) is 0 Å². The molecule has 9 heteroatoms. The lowest BCUT2D eigenvalue weighted by atomic mass is 10.1. The molecule has 1 aromatic carbocycles. The van der Waals surface area contributed by atoms with Gasteiger partial charge in [-0.2, -0.15) is 4.98 Å². The van der Waals surface area contributed by atoms with E-state index in [-0.39, 0.29) is 0 Å². The van der Waals surface area contributed by atoms with Gasteiger partial charge in [0.25, 0.3) is 5.56 Å². The molecule has 4 aromatic heterocycles. The number of hydrogen-bond acceptors (Lipinski definition) is 4. The molecule has 0 aliphatic heterocycles. The molecule has 150 valence electrons. The van der Waals surface area contributed by atoms with E-state index in [2.05, 4.69) is 9.97 Å². The Morgan fingerprint density at radius 3 is 2.47 bits per heavy atom. The first-order valence-corrected chi connectivity index (χ1v) is 9.66. The predicted molar refractivity (Wildman–Crippen MR) is 115 cm³/mol. The average Bonchev–Trinajstić information content (AvgIpc) is 3.29. The Labute approximate surface area is 175 Å². The number of benzene rings is 1. The molecule has 0 unspecified atom stereocenters. The summed E-state index contributed by atoms with van der Waals surface area (Å²) in [6.45, 7) is 0.451. The summed E-state index contributed by atoms with van der Waals surface area (Å²) in [4.78, 5) is 34.3. The molecule has 0 saturated heterocycles. The Morgan fingerprint density at radius 2 is 1.77 bits per heavy atom. The molecule has 0 saturated carbocycles. The fraction of sp³-hybridized carbons (Fsp3) is 0.143. The van der Waals surface area contributed by atoms with E-state index in [0.717, 1.165) is 21.5 Å². The number of nitrogens with zero attached hydrogens (tertiary/aromatic N) is 6. The third-order valence-electron chi connectivity index (χ3n) is 5.24. The summed E-state index contributed by atoms with van der Waals surface area (Å²) in [5.74, 6) is 0.555. The summed E-state index contributed by atoms with van der Waals surface area (Å²) in [6, 6.07) is 13.2. The third-order valence-corrected chi connectivity index (χ3v) is 5.49. The highest BCUT2D eigenvalue weighted by Gasteiger charge is 2.21. The minimum absolute atomic E-state index is 0.343. The van der Waals surface area contributed by atoms with E-state index < -0.39 is 11.2 Å². The van der Waals surface area contributed by atoms with Gasteiger partial charge in [0.1, 0.15) is 0 Å². The van der Waals surface area contributed by atoms with Crippen LogP contribution in [0.25, 0.3) is 28.2 Å². The van der Waals surface area contributed by atoms with Crippen LogP contribution in [-0.2, 0) is 20.6 Å². The molecule has 0 fully saturated rings. The molecule has 0 bridgehead atoms. The Kier molecular flexibility index (Phi) is 4.11. The van der Waals surface area contributed by atoms with Gasteiger partial charge in [-0.1, -0.05) is 29.8 Å². The van der Waals surface area contributed by atoms with E-state index in [1.165, 1.54) is 11.6 Å². The van der Waals surface area contributed by atoms with E-state index in [4.69, 9.17) is 11.6 Å². The highest BCUT2D eigenvalue weighted by molar-refractivity contribution is 6.30. The maximum absolute atomic E-state index is 12.9. The second kappa shape index (κ2) is 6.70. The van der Waals surface area contributed by atoms with Crippen LogP contribution in [0.15, 0.2) is 64.4 Å². The average molecular weight is 421 g/mol. The summed E-state index contributed by atoms with van der Waals surface area (Å²) in [7, 11) is 3.08. The van der Waals surface area contributed by atoms with Crippen LogP contribution in [0.4, 0.5) is 0 Å². The van der Waals surface area contributed by atoms with E-state index in [1.807, 2.05) is 53.2 Å². The van der Waals surface area contributed by atoms with Crippen LogP contribution in [0, 0.1) is 0 Å². The fourth-order valence-corrected chi connectivity index (χ4v) is 3.80. The fourth-order valence-electron chi connectivity index (χ4n) is 3.68. The van der Waals surface area contributed by atoms with Crippen molar-refractivity contribution >= 4 is 28.5 Å². The Morgan fingerprint density at radius 1 is 1.00 bits per heavy atom. The van der Waals surface area contributed by atoms with E-state index in [0.29, 0.717) is 28.5 Å². The number of aromatic nitrogens is 6. The van der Waals surface area contributed by atoms with Crippen LogP contribution in [0.1, 0.15) is 5.69 Å². The summed E-state index contributed by atoms with van der Waals surface area (Å²) >= 11 is 6.06. The van der Waals surface area contributed by atoms with Crippen molar-refractivity contribution in [3.63, 3.8) is 0 Å². The lowest BCUT2D eigenvalue weighted by molar-refractivity contribution is 0.707. The number of fused-ring (bicyclic) bond motifs is 3. The monoisotopic (exact) mass is 420 g/mol. The van der Waals surface area contributed by atoms with Crippen molar-refractivity contribution in [2.24, 2.45) is 14.1 Å². The quantitative estimate of drug-likeness (QED) is 0.449. The minimum Gasteiger partial charge on any atom is -0.304 e. The van der Waals surface area contributed by atoms with Gasteiger partial charge in [0.15, 0.2) is 11.2 Å². The zero-order valence-electron chi connectivity index (χ0n) is 16.3. The second-order valence-electron chi connectivity index (χ2n) is 7.09. The normalized spacial score (nSPS) is 11.6. The van der Waals surface area contributed by atoms with Gasteiger partial charge in [0, 0.05) is 31.5 Å². The molecule has 0 aliphatic carbocycles. The molecule has 30 heavy (non-hydrogen) atoms. The lowest BCUT2D eigenvalue weighted by Gasteiger charge is -2.09. The highest BCUT2D eigenvalue weighted by atomic mass is 35.5. The Bertz CT molecular complexity index is 1520. The van der Waals surface area contributed by atoms with Crippen LogP contribution in [-0.4, -0.2) is 28.1 Å². The van der Waals surface area contributed by atoms with Crippen molar-refractivity contribution in [1.82, 2.24) is 28.1 Å². The molecule has 0 N–H and O–H groups in total. The van der Waals surface area contributed by atoms with Gasteiger partial charge in [-0.3, -0.25) is 23.3 Å². The first-order valence-electron chi connectivity index (χ1n) is 9.29. The molecule has 0 atom stereocenters. The second-order valence-corrected chi connectivity index (χ2v) is 7.52. The summed E-state index contributed by atoms with van der Waals surface area (Å²) in [6.07, 6.45) is 3.60. The number of aryl methyl sites for hydroxylation is 1. The van der Waals surface area contributed by atoms with Gasteiger partial charge in [0.2, 0.25) is 5.78 Å². The van der Waals surface area contributed by atoms with Crippen LogP contribution < -0.4 is 11.2 Å². The summed E-state index contributed by atoms with van der Waals surface area (Å²) in [5, 5.41) is 0.640. The Hall–Kier alpha value is -3.65. The molecular formula is C21H17ClN6O2. The molecular weight excluding hydrogens is 404 g/mol. The van der Waals surface area contributed by atoms with Gasteiger partial charge in [-0.05, 0) is 29.8 Å². The zero-order valence-corrected chi connectivity index (χ0v) is 17.0.